The third kappa shape index (κ3) is 6.67. The number of carbonyl (C=O) groups is 2. The Hall–Kier alpha value is -4.15. The van der Waals surface area contributed by atoms with Crippen LogP contribution >= 0.6 is 11.8 Å². The van der Waals surface area contributed by atoms with E-state index in [0.29, 0.717) is 11.0 Å². The quantitative estimate of drug-likeness (QED) is 0.306. The van der Waals surface area contributed by atoms with Crippen molar-refractivity contribution in [1.82, 2.24) is 19.7 Å². The van der Waals surface area contributed by atoms with Crippen LogP contribution < -0.4 is 0 Å². The van der Waals surface area contributed by atoms with Gasteiger partial charge in [-0.25, -0.2) is 0 Å². The summed E-state index contributed by atoms with van der Waals surface area (Å²) in [6.07, 6.45) is 0.277. The molecule has 0 aliphatic heterocycles. The number of rotatable bonds is 11. The summed E-state index contributed by atoms with van der Waals surface area (Å²) in [4.78, 5) is 26.0. The van der Waals surface area contributed by atoms with Crippen LogP contribution in [0.25, 0.3) is 17.1 Å². The molecule has 1 heterocycles. The van der Waals surface area contributed by atoms with Gasteiger partial charge in [-0.3, -0.25) is 14.2 Å². The lowest BCUT2D eigenvalue weighted by Gasteiger charge is -2.20. The molecule has 2 aromatic carbocycles. The molecule has 0 unspecified atom stereocenters. The number of carbonyl (C=O) groups excluding carboxylic acids is 2. The predicted molar refractivity (Wildman–Crippen MR) is 126 cm³/mol. The van der Waals surface area contributed by atoms with Crippen molar-refractivity contribution in [3.63, 3.8) is 0 Å². The number of nitrogens with zero attached hydrogens (tertiary/aromatic N) is 6. The van der Waals surface area contributed by atoms with Gasteiger partial charge in [0.2, 0.25) is 0 Å². The smallest absolute Gasteiger partial charge is 0.316 e. The number of para-hydroxylation sites is 1. The highest BCUT2D eigenvalue weighted by atomic mass is 32.2. The summed E-state index contributed by atoms with van der Waals surface area (Å²) < 4.78 is 6.99. The van der Waals surface area contributed by atoms with Gasteiger partial charge in [0.05, 0.1) is 30.7 Å². The highest BCUT2D eigenvalue weighted by molar-refractivity contribution is 7.99. The van der Waals surface area contributed by atoms with Gasteiger partial charge in [-0.1, -0.05) is 60.3 Å². The Morgan fingerprint density at radius 1 is 0.941 bits per heavy atom. The van der Waals surface area contributed by atoms with Crippen LogP contribution in [0.15, 0.2) is 65.8 Å². The average Bonchev–Trinajstić information content (AvgIpc) is 3.31. The van der Waals surface area contributed by atoms with Gasteiger partial charge in [-0.15, -0.1) is 10.2 Å². The van der Waals surface area contributed by atoms with Gasteiger partial charge in [0.15, 0.2) is 17.6 Å². The second-order valence-corrected chi connectivity index (χ2v) is 7.93. The van der Waals surface area contributed by atoms with Crippen LogP contribution in [0.5, 0.6) is 0 Å². The molecule has 0 aliphatic carbocycles. The lowest BCUT2D eigenvalue weighted by atomic mass is 10.2. The molecule has 0 N–H and O–H groups in total. The summed E-state index contributed by atoms with van der Waals surface area (Å²) in [7, 11) is 0. The number of thioether (sulfide) groups is 1. The molecule has 1 aromatic heterocycles. The highest BCUT2D eigenvalue weighted by Gasteiger charge is 2.19. The first-order chi connectivity index (χ1) is 16.6. The fraction of sp³-hybridized carbons (Fsp3) is 0.250. The first kappa shape index (κ1) is 24.5. The van der Waals surface area contributed by atoms with Crippen molar-refractivity contribution in [2.45, 2.75) is 18.0 Å². The Labute approximate surface area is 201 Å². The number of hydrogen-bond acceptors (Lipinski definition) is 8. The van der Waals surface area contributed by atoms with Crippen molar-refractivity contribution in [1.29, 1.82) is 10.5 Å². The van der Waals surface area contributed by atoms with E-state index in [1.54, 1.807) is 0 Å². The fourth-order valence-electron chi connectivity index (χ4n) is 3.08. The number of ether oxygens (including phenoxy) is 1. The van der Waals surface area contributed by atoms with E-state index >= 15 is 0 Å². The maximum Gasteiger partial charge on any atom is 0.316 e. The van der Waals surface area contributed by atoms with E-state index in [0.717, 1.165) is 23.0 Å². The maximum atomic E-state index is 12.3. The second-order valence-electron chi connectivity index (χ2n) is 6.99. The largest absolute Gasteiger partial charge is 0.455 e. The lowest BCUT2D eigenvalue weighted by Crippen LogP contribution is -2.36. The molecule has 0 atom stereocenters. The molecule has 0 saturated carbocycles. The zero-order valence-corrected chi connectivity index (χ0v) is 19.1. The van der Waals surface area contributed by atoms with Gasteiger partial charge >= 0.3 is 5.97 Å². The van der Waals surface area contributed by atoms with E-state index in [9.17, 15) is 9.59 Å². The number of amides is 1. The molecule has 3 rings (SSSR count). The molecule has 10 heteroatoms. The molecular formula is C24H22N6O3S. The Morgan fingerprint density at radius 3 is 2.18 bits per heavy atom. The van der Waals surface area contributed by atoms with Crippen LogP contribution in [0.4, 0.5) is 0 Å². The number of hydrogen-bond donors (Lipinski definition) is 0. The van der Waals surface area contributed by atoms with E-state index in [1.165, 1.54) is 4.90 Å². The van der Waals surface area contributed by atoms with Crippen LogP contribution in [0.3, 0.4) is 0 Å². The normalized spacial score (nSPS) is 10.2. The standard InChI is InChI=1S/C24H22N6O3S/c25-13-7-15-29(16-8-14-26)21(31)17-33-22(32)18-34-24-28-27-23(19-9-3-1-4-10-19)30(24)20-11-5-2-6-12-20/h1-6,9-12H,7-8,15-18H2. The van der Waals surface area contributed by atoms with Crippen LogP contribution in [0.2, 0.25) is 0 Å². The summed E-state index contributed by atoms with van der Waals surface area (Å²) in [6.45, 7) is -0.0750. The molecule has 172 valence electrons. The first-order valence-electron chi connectivity index (χ1n) is 10.5. The maximum absolute atomic E-state index is 12.3. The SMILES string of the molecule is N#CCCN(CCC#N)C(=O)COC(=O)CSc1nnc(-c2ccccc2)n1-c1ccccc1. The van der Waals surface area contributed by atoms with E-state index in [2.05, 4.69) is 10.2 Å². The average molecular weight is 475 g/mol. The Kier molecular flexibility index (Phi) is 9.20. The van der Waals surface area contributed by atoms with Crippen molar-refractivity contribution in [3.05, 3.63) is 60.7 Å². The van der Waals surface area contributed by atoms with E-state index in [4.69, 9.17) is 15.3 Å². The Bertz CT molecular complexity index is 1170. The van der Waals surface area contributed by atoms with E-state index in [-0.39, 0.29) is 31.7 Å². The van der Waals surface area contributed by atoms with Crippen LogP contribution in [-0.2, 0) is 14.3 Å². The molecule has 3 aromatic rings. The first-order valence-corrected chi connectivity index (χ1v) is 11.5. The molecule has 0 saturated heterocycles. The predicted octanol–water partition coefficient (Wildman–Crippen LogP) is 3.23. The van der Waals surface area contributed by atoms with Crippen LogP contribution in [0.1, 0.15) is 12.8 Å². The van der Waals surface area contributed by atoms with Gasteiger partial charge in [-0.2, -0.15) is 10.5 Å². The number of aromatic nitrogens is 3. The molecule has 0 radical (unpaired) electrons. The summed E-state index contributed by atoms with van der Waals surface area (Å²) >= 11 is 1.16. The van der Waals surface area contributed by atoms with Gasteiger partial charge in [0.25, 0.3) is 5.91 Å². The minimum Gasteiger partial charge on any atom is -0.455 e. The van der Waals surface area contributed by atoms with Crippen molar-refractivity contribution >= 4 is 23.6 Å². The zero-order valence-electron chi connectivity index (χ0n) is 18.3. The summed E-state index contributed by atoms with van der Waals surface area (Å²) in [5, 5.41) is 26.6. The summed E-state index contributed by atoms with van der Waals surface area (Å²) in [5.74, 6) is -0.447. The van der Waals surface area contributed by atoms with Crippen LogP contribution in [-0.4, -0.2) is 57.0 Å². The lowest BCUT2D eigenvalue weighted by molar-refractivity contribution is -0.149. The Balaban J connectivity index is 1.65. The van der Waals surface area contributed by atoms with Crippen molar-refractivity contribution in [2.75, 3.05) is 25.4 Å². The topological polar surface area (TPSA) is 125 Å². The van der Waals surface area contributed by atoms with Gasteiger partial charge < -0.3 is 9.64 Å². The molecule has 0 bridgehead atoms. The molecular weight excluding hydrogens is 452 g/mol. The number of esters is 1. The molecule has 0 aliphatic rings. The summed E-state index contributed by atoms with van der Waals surface area (Å²) in [5.41, 5.74) is 1.73. The van der Waals surface area contributed by atoms with E-state index in [1.807, 2.05) is 77.4 Å². The third-order valence-electron chi connectivity index (χ3n) is 4.70. The summed E-state index contributed by atoms with van der Waals surface area (Å²) in [6, 6.07) is 23.1. The van der Waals surface area contributed by atoms with Crippen molar-refractivity contribution < 1.29 is 14.3 Å². The van der Waals surface area contributed by atoms with Gasteiger partial charge in [0.1, 0.15) is 0 Å². The minimum absolute atomic E-state index is 0.0660. The van der Waals surface area contributed by atoms with Gasteiger partial charge in [0, 0.05) is 24.3 Å². The second kappa shape index (κ2) is 12.8. The fourth-order valence-corrected chi connectivity index (χ4v) is 3.83. The zero-order chi connectivity index (χ0) is 24.2. The molecule has 0 spiro atoms. The third-order valence-corrected chi connectivity index (χ3v) is 5.60. The van der Waals surface area contributed by atoms with Crippen LogP contribution in [0, 0.1) is 22.7 Å². The highest BCUT2D eigenvalue weighted by Crippen LogP contribution is 2.27. The van der Waals surface area contributed by atoms with Crippen molar-refractivity contribution in [3.8, 4) is 29.2 Å². The van der Waals surface area contributed by atoms with Crippen molar-refractivity contribution in [2.24, 2.45) is 0 Å². The Morgan fingerprint density at radius 2 is 1.56 bits per heavy atom. The van der Waals surface area contributed by atoms with E-state index < -0.39 is 18.5 Å². The molecule has 9 nitrogen and oxygen atoms in total. The number of benzene rings is 2. The molecule has 0 fully saturated rings. The number of nitriles is 2. The minimum atomic E-state index is -0.581. The molecule has 34 heavy (non-hydrogen) atoms. The van der Waals surface area contributed by atoms with Gasteiger partial charge in [-0.05, 0) is 12.1 Å². The monoisotopic (exact) mass is 474 g/mol. The molecule has 1 amide bonds.